The molecule has 6 nitrogen and oxygen atoms in total. The first-order valence-electron chi connectivity index (χ1n) is 32.3. The zero-order valence-electron chi connectivity index (χ0n) is 49.4. The minimum absolute atomic E-state index is 0.0769. The molecule has 74 heavy (non-hydrogen) atoms. The highest BCUT2D eigenvalue weighted by atomic mass is 16.6. The van der Waals surface area contributed by atoms with Crippen molar-refractivity contribution in [1.82, 2.24) is 0 Å². The van der Waals surface area contributed by atoms with Crippen molar-refractivity contribution >= 4 is 17.9 Å². The summed E-state index contributed by atoms with van der Waals surface area (Å²) in [6.07, 6.45) is 79.3. The molecular weight excluding hydrogens is 913 g/mol. The quantitative estimate of drug-likeness (QED) is 0.0261. The van der Waals surface area contributed by atoms with Crippen molar-refractivity contribution in [2.75, 3.05) is 13.2 Å². The number of allylic oxidation sites excluding steroid dienone is 10. The Morgan fingerprint density at radius 1 is 0.270 bits per heavy atom. The SMILES string of the molecule is CCCCC/C=C\C/C=C\C/C=C\CCCCCCCCC(=O)OC[C@@H](COC(=O)CCCCCCCCCCCCCCCCCCCC)OC(=O)CCCCCCCCCCC/C=C\C/C=C\CCCCC. The predicted molar refractivity (Wildman–Crippen MR) is 321 cm³/mol. The lowest BCUT2D eigenvalue weighted by molar-refractivity contribution is -0.167. The van der Waals surface area contributed by atoms with Crippen LogP contribution in [0.1, 0.15) is 335 Å². The van der Waals surface area contributed by atoms with Crippen LogP contribution in [-0.2, 0) is 28.6 Å². The van der Waals surface area contributed by atoms with E-state index in [-0.39, 0.29) is 31.1 Å². The number of rotatable bonds is 59. The highest BCUT2D eigenvalue weighted by Gasteiger charge is 2.19. The first-order chi connectivity index (χ1) is 36.5. The Morgan fingerprint density at radius 2 is 0.486 bits per heavy atom. The van der Waals surface area contributed by atoms with Gasteiger partial charge in [0.25, 0.3) is 0 Å². The van der Waals surface area contributed by atoms with Gasteiger partial charge in [-0.05, 0) is 89.9 Å². The third-order valence-electron chi connectivity index (χ3n) is 14.2. The Kier molecular flexibility index (Phi) is 60.2. The molecule has 0 saturated heterocycles. The Morgan fingerprint density at radius 3 is 0.784 bits per heavy atom. The predicted octanol–water partition coefficient (Wildman–Crippen LogP) is 21.9. The van der Waals surface area contributed by atoms with Crippen LogP contribution < -0.4 is 0 Å². The van der Waals surface area contributed by atoms with Crippen LogP contribution in [-0.4, -0.2) is 37.2 Å². The molecule has 0 bridgehead atoms. The van der Waals surface area contributed by atoms with Crippen LogP contribution >= 0.6 is 0 Å². The molecule has 0 aromatic heterocycles. The van der Waals surface area contributed by atoms with Gasteiger partial charge in [-0.25, -0.2) is 0 Å². The lowest BCUT2D eigenvalue weighted by Crippen LogP contribution is -2.30. The minimum Gasteiger partial charge on any atom is -0.462 e. The van der Waals surface area contributed by atoms with Gasteiger partial charge in [0.2, 0.25) is 0 Å². The number of carbonyl (C=O) groups excluding carboxylic acids is 3. The third kappa shape index (κ3) is 60.0. The summed E-state index contributed by atoms with van der Waals surface area (Å²) in [5.74, 6) is -0.875. The van der Waals surface area contributed by atoms with E-state index in [9.17, 15) is 14.4 Å². The topological polar surface area (TPSA) is 78.9 Å². The van der Waals surface area contributed by atoms with E-state index in [1.807, 2.05) is 0 Å². The number of hydrogen-bond acceptors (Lipinski definition) is 6. The maximum absolute atomic E-state index is 12.9. The van der Waals surface area contributed by atoms with E-state index >= 15 is 0 Å². The molecule has 0 aromatic rings. The average molecular weight is 1040 g/mol. The number of unbranched alkanes of at least 4 members (excludes halogenated alkanes) is 38. The number of esters is 3. The highest BCUT2D eigenvalue weighted by Crippen LogP contribution is 2.17. The van der Waals surface area contributed by atoms with Gasteiger partial charge in [-0.3, -0.25) is 14.4 Å². The molecular formula is C68H122O6. The summed E-state index contributed by atoms with van der Waals surface area (Å²) in [5.41, 5.74) is 0. The standard InChI is InChI=1S/C68H122O6/c1-4-7-10-13-16-19-22-25-28-31-34-37-40-43-46-49-52-55-58-61-67(70)73-64-65(63-72-66(69)60-57-54-51-48-45-42-39-36-33-30-27-24-21-18-15-12-9-6-3)74-68(71)62-59-56-53-50-47-44-41-38-35-32-29-26-23-20-17-14-11-8-5-2/h16-17,19-20,25-26,28-29,34,37,65H,4-15,18,21-24,27,30-33,35-36,38-64H2,1-3H3/b19-16-,20-17-,28-25-,29-26-,37-34-/t65-/m1/s1. The molecule has 0 radical (unpaired) electrons. The molecule has 0 aliphatic carbocycles. The van der Waals surface area contributed by atoms with E-state index in [4.69, 9.17) is 14.2 Å². The first-order valence-corrected chi connectivity index (χ1v) is 32.3. The smallest absolute Gasteiger partial charge is 0.306 e. The van der Waals surface area contributed by atoms with Gasteiger partial charge < -0.3 is 14.2 Å². The molecule has 0 amide bonds. The van der Waals surface area contributed by atoms with Gasteiger partial charge in [0.1, 0.15) is 13.2 Å². The van der Waals surface area contributed by atoms with Crippen LogP contribution in [0.2, 0.25) is 0 Å². The van der Waals surface area contributed by atoms with Crippen LogP contribution in [0.25, 0.3) is 0 Å². The van der Waals surface area contributed by atoms with Gasteiger partial charge in [0, 0.05) is 19.3 Å². The fourth-order valence-electron chi connectivity index (χ4n) is 9.36. The van der Waals surface area contributed by atoms with Gasteiger partial charge >= 0.3 is 17.9 Å². The van der Waals surface area contributed by atoms with Crippen molar-refractivity contribution in [3.63, 3.8) is 0 Å². The van der Waals surface area contributed by atoms with Crippen LogP contribution in [0.3, 0.4) is 0 Å². The lowest BCUT2D eigenvalue weighted by atomic mass is 10.0. The van der Waals surface area contributed by atoms with Gasteiger partial charge in [0.15, 0.2) is 6.10 Å². The van der Waals surface area contributed by atoms with Crippen LogP contribution in [0.5, 0.6) is 0 Å². The van der Waals surface area contributed by atoms with Crippen LogP contribution in [0, 0.1) is 0 Å². The zero-order chi connectivity index (χ0) is 53.6. The van der Waals surface area contributed by atoms with E-state index in [1.165, 1.54) is 212 Å². The summed E-state index contributed by atoms with van der Waals surface area (Å²) in [4.78, 5) is 38.4. The van der Waals surface area contributed by atoms with Crippen LogP contribution in [0.4, 0.5) is 0 Å². The molecule has 0 saturated carbocycles. The maximum Gasteiger partial charge on any atom is 0.306 e. The van der Waals surface area contributed by atoms with E-state index in [0.717, 1.165) is 83.5 Å². The third-order valence-corrected chi connectivity index (χ3v) is 14.2. The molecule has 1 atom stereocenters. The fraction of sp³-hybridized carbons (Fsp3) is 0.809. The summed E-state index contributed by atoms with van der Waals surface area (Å²) in [6, 6.07) is 0. The molecule has 6 heteroatoms. The normalized spacial score (nSPS) is 12.4. The van der Waals surface area contributed by atoms with Crippen molar-refractivity contribution in [2.24, 2.45) is 0 Å². The van der Waals surface area contributed by atoms with E-state index in [2.05, 4.69) is 81.5 Å². The van der Waals surface area contributed by atoms with Gasteiger partial charge in [-0.2, -0.15) is 0 Å². The van der Waals surface area contributed by atoms with E-state index < -0.39 is 6.10 Å². The van der Waals surface area contributed by atoms with Gasteiger partial charge in [-0.1, -0.05) is 287 Å². The molecule has 0 unspecified atom stereocenters. The number of hydrogen-bond donors (Lipinski definition) is 0. The lowest BCUT2D eigenvalue weighted by Gasteiger charge is -2.18. The number of ether oxygens (including phenoxy) is 3. The van der Waals surface area contributed by atoms with Crippen molar-refractivity contribution in [1.29, 1.82) is 0 Å². The van der Waals surface area contributed by atoms with E-state index in [1.54, 1.807) is 0 Å². The van der Waals surface area contributed by atoms with Crippen molar-refractivity contribution in [2.45, 2.75) is 341 Å². The summed E-state index contributed by atoms with van der Waals surface area (Å²) < 4.78 is 16.9. The van der Waals surface area contributed by atoms with Gasteiger partial charge in [-0.15, -0.1) is 0 Å². The maximum atomic E-state index is 12.9. The first kappa shape index (κ1) is 71.1. The summed E-state index contributed by atoms with van der Waals surface area (Å²) >= 11 is 0. The van der Waals surface area contributed by atoms with E-state index in [0.29, 0.717) is 19.3 Å². The second kappa shape index (κ2) is 62.6. The summed E-state index contributed by atoms with van der Waals surface area (Å²) in [6.45, 7) is 6.63. The average Bonchev–Trinajstić information content (AvgIpc) is 3.40. The molecule has 430 valence electrons. The number of carbonyl (C=O) groups is 3. The van der Waals surface area contributed by atoms with Crippen molar-refractivity contribution < 1.29 is 28.6 Å². The Balaban J connectivity index is 4.38. The Labute approximate surface area is 460 Å². The van der Waals surface area contributed by atoms with Crippen molar-refractivity contribution in [3.8, 4) is 0 Å². The molecule has 0 aliphatic heterocycles. The molecule has 0 aliphatic rings. The van der Waals surface area contributed by atoms with Gasteiger partial charge in [0.05, 0.1) is 0 Å². The Hall–Kier alpha value is -2.89. The molecule has 0 fully saturated rings. The zero-order valence-corrected chi connectivity index (χ0v) is 49.4. The molecule has 0 spiro atoms. The molecule has 0 aromatic carbocycles. The minimum atomic E-state index is -0.782. The largest absolute Gasteiger partial charge is 0.462 e. The van der Waals surface area contributed by atoms with Crippen molar-refractivity contribution in [3.05, 3.63) is 60.8 Å². The Bertz CT molecular complexity index is 1330. The summed E-state index contributed by atoms with van der Waals surface area (Å²) in [5, 5.41) is 0. The highest BCUT2D eigenvalue weighted by molar-refractivity contribution is 5.71. The summed E-state index contributed by atoms with van der Waals surface area (Å²) in [7, 11) is 0. The molecule has 0 N–H and O–H groups in total. The second-order valence-electron chi connectivity index (χ2n) is 21.7. The fourth-order valence-corrected chi connectivity index (χ4v) is 9.36. The molecule has 0 heterocycles. The monoisotopic (exact) mass is 1030 g/mol. The second-order valence-corrected chi connectivity index (χ2v) is 21.7. The molecule has 0 rings (SSSR count). The van der Waals surface area contributed by atoms with Crippen LogP contribution in [0.15, 0.2) is 60.8 Å².